The second-order valence-corrected chi connectivity index (χ2v) is 10.8. The molecule has 2 aliphatic rings. The Labute approximate surface area is 209 Å². The number of hydrogen-bond acceptors (Lipinski definition) is 5. The van der Waals surface area contributed by atoms with Crippen LogP contribution < -0.4 is 0 Å². The molecular formula is C28H53NO3S. The van der Waals surface area contributed by atoms with Crippen molar-refractivity contribution in [2.75, 3.05) is 32.2 Å². The molecule has 0 spiro atoms. The summed E-state index contributed by atoms with van der Waals surface area (Å²) in [5.74, 6) is 1.13. The largest absolute Gasteiger partial charge is 0.379 e. The molecule has 5 heteroatoms. The topological polar surface area (TPSA) is 30.9 Å². The molecule has 2 rings (SSSR count). The van der Waals surface area contributed by atoms with Crippen LogP contribution in [0.5, 0.6) is 0 Å². The van der Waals surface area contributed by atoms with E-state index < -0.39 is 0 Å². The molecule has 2 atom stereocenters. The fraction of sp³-hybridized carbons (Fsp3) is 0.929. The van der Waals surface area contributed by atoms with Crippen LogP contribution in [0, 0.1) is 0 Å². The van der Waals surface area contributed by atoms with Crippen molar-refractivity contribution in [3.05, 3.63) is 11.6 Å². The van der Waals surface area contributed by atoms with Gasteiger partial charge in [-0.1, -0.05) is 96.8 Å². The summed E-state index contributed by atoms with van der Waals surface area (Å²) >= 11 is 1.88. The fourth-order valence-corrected chi connectivity index (χ4v) is 5.36. The first kappa shape index (κ1) is 29.0. The maximum Gasteiger partial charge on any atom is 0.158 e. The van der Waals surface area contributed by atoms with Crippen LogP contribution in [0.2, 0.25) is 0 Å². The van der Waals surface area contributed by atoms with Crippen LogP contribution in [-0.2, 0) is 14.2 Å². The summed E-state index contributed by atoms with van der Waals surface area (Å²) in [6.07, 6.45) is 26.5. The van der Waals surface area contributed by atoms with Crippen LogP contribution in [0.1, 0.15) is 122 Å². The summed E-state index contributed by atoms with van der Waals surface area (Å²) in [6, 6.07) is 0. The number of ether oxygens (including phenoxy) is 3. The lowest BCUT2D eigenvalue weighted by molar-refractivity contribution is -0.0761. The third-order valence-electron chi connectivity index (χ3n) is 6.75. The average Bonchev–Trinajstić information content (AvgIpc) is 3.51. The first-order valence-electron chi connectivity index (χ1n) is 14.3. The monoisotopic (exact) mass is 483 g/mol. The summed E-state index contributed by atoms with van der Waals surface area (Å²) in [4.78, 5) is 2.40. The predicted octanol–water partition coefficient (Wildman–Crippen LogP) is 8.26. The van der Waals surface area contributed by atoms with E-state index in [4.69, 9.17) is 14.2 Å². The normalized spacial score (nSPS) is 20.3. The molecule has 1 saturated heterocycles. The molecule has 0 saturated carbocycles. The lowest BCUT2D eigenvalue weighted by Crippen LogP contribution is -2.19. The Kier molecular flexibility index (Phi) is 18.5. The molecule has 0 aromatic heterocycles. The van der Waals surface area contributed by atoms with E-state index in [1.165, 1.54) is 109 Å². The first-order valence-corrected chi connectivity index (χ1v) is 15.3. The molecule has 0 aliphatic carbocycles. The van der Waals surface area contributed by atoms with Gasteiger partial charge in [-0.25, -0.2) is 0 Å². The Morgan fingerprint density at radius 2 is 1.45 bits per heavy atom. The second kappa shape index (κ2) is 21.1. The molecule has 4 nitrogen and oxygen atoms in total. The highest BCUT2D eigenvalue weighted by Crippen LogP contribution is 2.19. The average molecular weight is 484 g/mol. The smallest absolute Gasteiger partial charge is 0.158 e. The van der Waals surface area contributed by atoms with Crippen LogP contribution in [0.3, 0.4) is 0 Å². The summed E-state index contributed by atoms with van der Waals surface area (Å²) in [6.45, 7) is 5.72. The van der Waals surface area contributed by atoms with Gasteiger partial charge < -0.3 is 19.1 Å². The summed E-state index contributed by atoms with van der Waals surface area (Å²) in [5.41, 5.74) is 0. The van der Waals surface area contributed by atoms with E-state index in [9.17, 15) is 0 Å². The molecular weight excluding hydrogens is 430 g/mol. The minimum atomic E-state index is 0.00380. The third kappa shape index (κ3) is 16.1. The van der Waals surface area contributed by atoms with E-state index in [0.717, 1.165) is 25.3 Å². The standard InChI is InChI=1S/C28H53NO3S/c1-2-3-4-5-6-7-8-9-10-11-12-13-16-19-28-31-25-27(32-28)24-30-22-18-15-14-17-20-29-21-23-33-26-29/h21,23,27-28H,2-20,22,24-26H2,1H3. The zero-order valence-corrected chi connectivity index (χ0v) is 22.5. The van der Waals surface area contributed by atoms with Crippen molar-refractivity contribution in [1.29, 1.82) is 0 Å². The van der Waals surface area contributed by atoms with Crippen molar-refractivity contribution in [1.82, 2.24) is 4.90 Å². The highest BCUT2D eigenvalue weighted by molar-refractivity contribution is 8.02. The number of hydrogen-bond donors (Lipinski definition) is 0. The predicted molar refractivity (Wildman–Crippen MR) is 143 cm³/mol. The quantitative estimate of drug-likeness (QED) is 0.136. The minimum absolute atomic E-state index is 0.00380. The van der Waals surface area contributed by atoms with Crippen LogP contribution in [-0.4, -0.2) is 49.5 Å². The molecule has 0 bridgehead atoms. The molecule has 0 aromatic carbocycles. The summed E-state index contributed by atoms with van der Waals surface area (Å²) < 4.78 is 17.7. The molecule has 0 N–H and O–H groups in total. The highest BCUT2D eigenvalue weighted by Gasteiger charge is 2.25. The zero-order chi connectivity index (χ0) is 23.2. The van der Waals surface area contributed by atoms with E-state index in [1.807, 2.05) is 11.8 Å². The van der Waals surface area contributed by atoms with Gasteiger partial charge in [-0.15, -0.1) is 11.8 Å². The first-order chi connectivity index (χ1) is 16.4. The van der Waals surface area contributed by atoms with Gasteiger partial charge in [0.2, 0.25) is 0 Å². The van der Waals surface area contributed by atoms with Crippen LogP contribution in [0.4, 0.5) is 0 Å². The van der Waals surface area contributed by atoms with Crippen molar-refractivity contribution in [3.8, 4) is 0 Å². The molecule has 0 radical (unpaired) electrons. The van der Waals surface area contributed by atoms with E-state index in [2.05, 4.69) is 23.4 Å². The van der Waals surface area contributed by atoms with E-state index in [0.29, 0.717) is 13.2 Å². The van der Waals surface area contributed by atoms with Gasteiger partial charge in [-0.2, -0.15) is 0 Å². The van der Waals surface area contributed by atoms with Crippen molar-refractivity contribution in [2.24, 2.45) is 0 Å². The van der Waals surface area contributed by atoms with Crippen molar-refractivity contribution >= 4 is 11.8 Å². The molecule has 0 amide bonds. The molecule has 33 heavy (non-hydrogen) atoms. The Morgan fingerprint density at radius 3 is 2.12 bits per heavy atom. The van der Waals surface area contributed by atoms with E-state index in [1.54, 1.807) is 0 Å². The van der Waals surface area contributed by atoms with Gasteiger partial charge in [0.25, 0.3) is 0 Å². The van der Waals surface area contributed by atoms with Crippen molar-refractivity contribution < 1.29 is 14.2 Å². The molecule has 0 aromatic rings. The van der Waals surface area contributed by atoms with E-state index in [-0.39, 0.29) is 12.4 Å². The van der Waals surface area contributed by atoms with Gasteiger partial charge in [0.1, 0.15) is 6.10 Å². The molecule has 1 fully saturated rings. The van der Waals surface area contributed by atoms with Gasteiger partial charge >= 0.3 is 0 Å². The van der Waals surface area contributed by atoms with Crippen LogP contribution in [0.15, 0.2) is 11.6 Å². The van der Waals surface area contributed by atoms with Gasteiger partial charge in [-0.3, -0.25) is 0 Å². The fourth-order valence-electron chi connectivity index (χ4n) is 4.61. The van der Waals surface area contributed by atoms with Gasteiger partial charge in [0.15, 0.2) is 6.29 Å². The summed E-state index contributed by atoms with van der Waals surface area (Å²) in [5, 5.41) is 2.19. The zero-order valence-electron chi connectivity index (χ0n) is 21.7. The van der Waals surface area contributed by atoms with E-state index >= 15 is 0 Å². The number of unbranched alkanes of at least 4 members (excludes halogenated alkanes) is 15. The Bertz CT molecular complexity index is 462. The SMILES string of the molecule is CCCCCCCCCCCCCCCC1OCC(COCCCCCCN2C=CSC2)O1. The Morgan fingerprint density at radius 1 is 0.818 bits per heavy atom. The summed E-state index contributed by atoms with van der Waals surface area (Å²) in [7, 11) is 0. The molecule has 194 valence electrons. The Hall–Kier alpha value is -0.230. The lowest BCUT2D eigenvalue weighted by Gasteiger charge is -2.14. The molecule has 2 heterocycles. The number of thioether (sulfide) groups is 1. The second-order valence-electron chi connectivity index (χ2n) is 9.93. The van der Waals surface area contributed by atoms with Gasteiger partial charge in [-0.05, 0) is 31.1 Å². The third-order valence-corrected chi connectivity index (χ3v) is 7.55. The Balaban J connectivity index is 1.26. The van der Waals surface area contributed by atoms with Crippen LogP contribution in [0.25, 0.3) is 0 Å². The molecule has 2 aliphatic heterocycles. The minimum Gasteiger partial charge on any atom is -0.379 e. The highest BCUT2D eigenvalue weighted by atomic mass is 32.2. The van der Waals surface area contributed by atoms with Gasteiger partial charge in [0, 0.05) is 19.4 Å². The lowest BCUT2D eigenvalue weighted by atomic mass is 10.0. The maximum absolute atomic E-state index is 6.01. The van der Waals surface area contributed by atoms with Crippen molar-refractivity contribution in [2.45, 2.75) is 135 Å². The van der Waals surface area contributed by atoms with Crippen LogP contribution >= 0.6 is 11.8 Å². The molecule has 2 unspecified atom stereocenters. The number of rotatable bonds is 23. The van der Waals surface area contributed by atoms with Gasteiger partial charge in [0.05, 0.1) is 19.1 Å². The maximum atomic E-state index is 6.01. The number of nitrogens with zero attached hydrogens (tertiary/aromatic N) is 1. The van der Waals surface area contributed by atoms with Crippen molar-refractivity contribution in [3.63, 3.8) is 0 Å².